The topological polar surface area (TPSA) is 46.3 Å². The van der Waals surface area contributed by atoms with E-state index in [1.165, 1.54) is 5.22 Å². The average Bonchev–Trinajstić information content (AvgIpc) is 2.17. The van der Waals surface area contributed by atoms with Crippen molar-refractivity contribution in [2.75, 3.05) is 13.1 Å². The minimum Gasteiger partial charge on any atom is -0.368 e. The molecule has 0 unspecified atom stereocenters. The summed E-state index contributed by atoms with van der Waals surface area (Å²) < 4.78 is 0. The maximum absolute atomic E-state index is 10.7. The standard InChI is InChI=1S/C11H12N2O/c12-11(14)8-13-6-5-9-3-1-2-4-10(9)7-13/h1-5,7H,6,8H2,(H2,12,14). The lowest BCUT2D eigenvalue weighted by molar-refractivity contribution is -0.118. The van der Waals surface area contributed by atoms with E-state index >= 15 is 0 Å². The fraction of sp³-hybridized carbons (Fsp3) is 0.182. The number of nitrogens with zero attached hydrogens (tertiary/aromatic N) is 1. The molecule has 0 aliphatic carbocycles. The Hall–Kier alpha value is -1.77. The fourth-order valence-electron chi connectivity index (χ4n) is 1.59. The molecule has 14 heavy (non-hydrogen) atoms. The highest BCUT2D eigenvalue weighted by Crippen LogP contribution is 1.92. The summed E-state index contributed by atoms with van der Waals surface area (Å²) in [5.41, 5.74) is 5.13. The van der Waals surface area contributed by atoms with E-state index in [0.29, 0.717) is 0 Å². The number of benzene rings is 1. The van der Waals surface area contributed by atoms with Gasteiger partial charge in [-0.2, -0.15) is 0 Å². The summed E-state index contributed by atoms with van der Waals surface area (Å²) in [7, 11) is 0. The first-order valence-corrected chi connectivity index (χ1v) is 4.55. The number of fused-ring (bicyclic) bond motifs is 1. The van der Waals surface area contributed by atoms with E-state index in [2.05, 4.69) is 12.1 Å². The maximum atomic E-state index is 10.7. The lowest BCUT2D eigenvalue weighted by atomic mass is 10.2. The van der Waals surface area contributed by atoms with E-state index in [9.17, 15) is 4.79 Å². The smallest absolute Gasteiger partial charge is 0.236 e. The molecule has 1 aliphatic heterocycles. The van der Waals surface area contributed by atoms with E-state index < -0.39 is 0 Å². The first-order chi connectivity index (χ1) is 6.75. The molecule has 0 fully saturated rings. The van der Waals surface area contributed by atoms with Crippen molar-refractivity contribution >= 4 is 18.2 Å². The Morgan fingerprint density at radius 2 is 2.07 bits per heavy atom. The van der Waals surface area contributed by atoms with Gasteiger partial charge < -0.3 is 10.6 Å². The van der Waals surface area contributed by atoms with Crippen LogP contribution in [0.15, 0.2) is 24.3 Å². The van der Waals surface area contributed by atoms with E-state index in [1.54, 1.807) is 0 Å². The minimum atomic E-state index is -0.297. The van der Waals surface area contributed by atoms with Gasteiger partial charge >= 0.3 is 0 Å². The lowest BCUT2D eigenvalue weighted by Crippen LogP contribution is -2.38. The first kappa shape index (κ1) is 8.81. The zero-order valence-corrected chi connectivity index (χ0v) is 7.81. The Bertz CT molecular complexity index is 464. The Morgan fingerprint density at radius 3 is 2.79 bits per heavy atom. The van der Waals surface area contributed by atoms with Crippen LogP contribution >= 0.6 is 0 Å². The summed E-state index contributed by atoms with van der Waals surface area (Å²) in [5.74, 6) is -0.297. The van der Waals surface area contributed by atoms with Crippen molar-refractivity contribution in [3.63, 3.8) is 0 Å². The molecule has 1 aliphatic rings. The van der Waals surface area contributed by atoms with Gasteiger partial charge in [-0.25, -0.2) is 0 Å². The highest BCUT2D eigenvalue weighted by molar-refractivity contribution is 5.76. The van der Waals surface area contributed by atoms with Crippen LogP contribution in [0, 0.1) is 0 Å². The van der Waals surface area contributed by atoms with Crippen LogP contribution in [-0.2, 0) is 4.79 Å². The van der Waals surface area contributed by atoms with Crippen LogP contribution in [0.1, 0.15) is 0 Å². The molecule has 72 valence electrons. The van der Waals surface area contributed by atoms with Gasteiger partial charge in [0, 0.05) is 12.7 Å². The Morgan fingerprint density at radius 1 is 1.36 bits per heavy atom. The maximum Gasteiger partial charge on any atom is 0.236 e. The fourth-order valence-corrected chi connectivity index (χ4v) is 1.59. The molecule has 1 aromatic rings. The molecule has 1 heterocycles. The highest BCUT2D eigenvalue weighted by atomic mass is 16.1. The van der Waals surface area contributed by atoms with Gasteiger partial charge in [-0.1, -0.05) is 30.3 Å². The third-order valence-corrected chi connectivity index (χ3v) is 2.22. The van der Waals surface area contributed by atoms with E-state index in [1.807, 2.05) is 29.3 Å². The van der Waals surface area contributed by atoms with Gasteiger partial charge in [0.2, 0.25) is 5.91 Å². The van der Waals surface area contributed by atoms with E-state index in [0.717, 1.165) is 11.8 Å². The molecule has 1 aromatic carbocycles. The number of primary amides is 1. The molecule has 0 bridgehead atoms. The van der Waals surface area contributed by atoms with Crippen molar-refractivity contribution < 1.29 is 4.79 Å². The Kier molecular flexibility index (Phi) is 2.23. The van der Waals surface area contributed by atoms with E-state index in [4.69, 9.17) is 5.73 Å². The van der Waals surface area contributed by atoms with Gasteiger partial charge in [0.15, 0.2) is 0 Å². The summed E-state index contributed by atoms with van der Waals surface area (Å²) in [6, 6.07) is 8.08. The number of carbonyl (C=O) groups excluding carboxylic acids is 1. The molecule has 0 atom stereocenters. The first-order valence-electron chi connectivity index (χ1n) is 4.55. The van der Waals surface area contributed by atoms with Crippen LogP contribution in [0.4, 0.5) is 0 Å². The van der Waals surface area contributed by atoms with Gasteiger partial charge in [-0.15, -0.1) is 0 Å². The van der Waals surface area contributed by atoms with Crippen LogP contribution in [0.25, 0.3) is 12.3 Å². The molecule has 0 saturated carbocycles. The number of rotatable bonds is 2. The van der Waals surface area contributed by atoms with Crippen LogP contribution in [-0.4, -0.2) is 23.9 Å². The Balaban J connectivity index is 2.34. The van der Waals surface area contributed by atoms with Crippen molar-refractivity contribution in [2.24, 2.45) is 5.73 Å². The van der Waals surface area contributed by atoms with Gasteiger partial charge in [0.05, 0.1) is 6.54 Å². The molecule has 0 spiro atoms. The molecular formula is C11H12N2O. The van der Waals surface area contributed by atoms with Crippen molar-refractivity contribution in [1.29, 1.82) is 0 Å². The van der Waals surface area contributed by atoms with Crippen molar-refractivity contribution in [2.45, 2.75) is 0 Å². The minimum absolute atomic E-state index is 0.283. The molecule has 2 N–H and O–H groups in total. The summed E-state index contributed by atoms with van der Waals surface area (Å²) >= 11 is 0. The predicted molar refractivity (Wildman–Crippen MR) is 55.4 cm³/mol. The van der Waals surface area contributed by atoms with Crippen LogP contribution in [0.3, 0.4) is 0 Å². The van der Waals surface area contributed by atoms with Crippen LogP contribution < -0.4 is 16.2 Å². The van der Waals surface area contributed by atoms with Crippen LogP contribution in [0.2, 0.25) is 0 Å². The third-order valence-electron chi connectivity index (χ3n) is 2.22. The van der Waals surface area contributed by atoms with Gasteiger partial charge in [0.1, 0.15) is 0 Å². The number of nitrogens with two attached hydrogens (primary N) is 1. The van der Waals surface area contributed by atoms with Gasteiger partial charge in [-0.05, 0) is 10.4 Å². The predicted octanol–water partition coefficient (Wildman–Crippen LogP) is -0.994. The van der Waals surface area contributed by atoms with Crippen LogP contribution in [0.5, 0.6) is 0 Å². The molecular weight excluding hydrogens is 176 g/mol. The Labute approximate surface area is 82.1 Å². The average molecular weight is 188 g/mol. The molecule has 0 aromatic heterocycles. The molecule has 3 nitrogen and oxygen atoms in total. The molecule has 3 heteroatoms. The van der Waals surface area contributed by atoms with Crippen molar-refractivity contribution in [3.05, 3.63) is 34.7 Å². The number of amides is 1. The molecule has 2 rings (SSSR count). The molecule has 0 saturated heterocycles. The molecule has 1 amide bonds. The second-order valence-electron chi connectivity index (χ2n) is 3.36. The van der Waals surface area contributed by atoms with Gasteiger partial charge in [-0.3, -0.25) is 4.79 Å². The summed E-state index contributed by atoms with van der Waals surface area (Å²) in [4.78, 5) is 12.6. The number of carbonyl (C=O) groups is 1. The van der Waals surface area contributed by atoms with E-state index in [-0.39, 0.29) is 12.5 Å². The quantitative estimate of drug-likeness (QED) is 0.647. The number of hydrogen-bond donors (Lipinski definition) is 1. The zero-order valence-electron chi connectivity index (χ0n) is 7.81. The molecule has 0 radical (unpaired) electrons. The highest BCUT2D eigenvalue weighted by Gasteiger charge is 2.04. The third kappa shape index (κ3) is 1.76. The largest absolute Gasteiger partial charge is 0.368 e. The second kappa shape index (κ2) is 3.54. The lowest BCUT2D eigenvalue weighted by Gasteiger charge is -2.18. The van der Waals surface area contributed by atoms with Crippen molar-refractivity contribution in [3.8, 4) is 0 Å². The summed E-state index contributed by atoms with van der Waals surface area (Å²) in [5, 5.41) is 2.35. The second-order valence-corrected chi connectivity index (χ2v) is 3.36. The zero-order chi connectivity index (χ0) is 9.97. The summed E-state index contributed by atoms with van der Waals surface area (Å²) in [6.07, 6.45) is 4.07. The van der Waals surface area contributed by atoms with Gasteiger partial charge in [0.25, 0.3) is 0 Å². The van der Waals surface area contributed by atoms with Crippen molar-refractivity contribution in [1.82, 2.24) is 4.90 Å². The summed E-state index contributed by atoms with van der Waals surface area (Å²) in [6.45, 7) is 1.03. The number of hydrogen-bond acceptors (Lipinski definition) is 2. The monoisotopic (exact) mass is 188 g/mol. The SMILES string of the molecule is NC(=O)CN1C=c2ccccc2=CC1. The normalized spacial score (nSPS) is 13.9.